The zero-order valence-corrected chi connectivity index (χ0v) is 13.4. The lowest BCUT2D eigenvalue weighted by molar-refractivity contribution is 0.102. The Bertz CT molecular complexity index is 1100. The van der Waals surface area contributed by atoms with Gasteiger partial charge in [-0.05, 0) is 24.3 Å². The SMILES string of the molecule is CS(=O)(=O)c1cccc(NC(=O)c2n[nH]c(=O)c3ccccc23)c1. The van der Waals surface area contributed by atoms with Gasteiger partial charge < -0.3 is 5.32 Å². The molecule has 122 valence electrons. The molecule has 0 bridgehead atoms. The van der Waals surface area contributed by atoms with E-state index in [0.29, 0.717) is 16.5 Å². The molecule has 0 unspecified atom stereocenters. The number of carbonyl (C=O) groups is 1. The van der Waals surface area contributed by atoms with Crippen LogP contribution in [-0.2, 0) is 9.84 Å². The van der Waals surface area contributed by atoms with Crippen LogP contribution in [-0.4, -0.2) is 30.8 Å². The first-order valence-electron chi connectivity index (χ1n) is 6.95. The summed E-state index contributed by atoms with van der Waals surface area (Å²) >= 11 is 0. The number of hydrogen-bond donors (Lipinski definition) is 2. The van der Waals surface area contributed by atoms with Gasteiger partial charge >= 0.3 is 0 Å². The van der Waals surface area contributed by atoms with E-state index in [1.165, 1.54) is 18.2 Å². The van der Waals surface area contributed by atoms with Crippen molar-refractivity contribution in [2.75, 3.05) is 11.6 Å². The molecule has 0 aliphatic heterocycles. The molecule has 0 aliphatic rings. The molecule has 0 aliphatic carbocycles. The molecule has 0 atom stereocenters. The molecule has 1 heterocycles. The van der Waals surface area contributed by atoms with Crippen LogP contribution in [0.2, 0.25) is 0 Å². The summed E-state index contributed by atoms with van der Waals surface area (Å²) < 4.78 is 23.2. The van der Waals surface area contributed by atoms with Crippen LogP contribution in [0.25, 0.3) is 10.8 Å². The molecule has 7 nitrogen and oxygen atoms in total. The second-order valence-electron chi connectivity index (χ2n) is 5.20. The molecule has 0 radical (unpaired) electrons. The first-order valence-corrected chi connectivity index (χ1v) is 8.84. The van der Waals surface area contributed by atoms with E-state index < -0.39 is 15.7 Å². The monoisotopic (exact) mass is 343 g/mol. The summed E-state index contributed by atoms with van der Waals surface area (Å²) in [7, 11) is -3.38. The molecule has 3 aromatic rings. The zero-order chi connectivity index (χ0) is 17.3. The van der Waals surface area contributed by atoms with Crippen molar-refractivity contribution in [2.24, 2.45) is 0 Å². The van der Waals surface area contributed by atoms with E-state index >= 15 is 0 Å². The number of anilines is 1. The molecule has 0 fully saturated rings. The summed E-state index contributed by atoms with van der Waals surface area (Å²) in [4.78, 5) is 24.3. The lowest BCUT2D eigenvalue weighted by atomic mass is 10.1. The van der Waals surface area contributed by atoms with Crippen LogP contribution in [0.15, 0.2) is 58.2 Å². The predicted octanol–water partition coefficient (Wildman–Crippen LogP) is 1.58. The van der Waals surface area contributed by atoms with Crippen molar-refractivity contribution in [1.29, 1.82) is 0 Å². The standard InChI is InChI=1S/C16H13N3O4S/c1-24(22,23)11-6-4-5-10(9-11)17-16(21)14-12-7-2-3-8-13(12)15(20)19-18-14/h2-9H,1H3,(H,17,21)(H,19,20). The Morgan fingerprint density at radius 1 is 1.08 bits per heavy atom. The number of amides is 1. The number of fused-ring (bicyclic) bond motifs is 1. The number of aromatic amines is 1. The first-order chi connectivity index (χ1) is 11.4. The number of rotatable bonds is 3. The van der Waals surface area contributed by atoms with Gasteiger partial charge in [-0.2, -0.15) is 5.10 Å². The number of benzene rings is 2. The van der Waals surface area contributed by atoms with E-state index in [2.05, 4.69) is 15.5 Å². The van der Waals surface area contributed by atoms with Gasteiger partial charge in [-0.25, -0.2) is 13.5 Å². The average molecular weight is 343 g/mol. The largest absolute Gasteiger partial charge is 0.321 e. The quantitative estimate of drug-likeness (QED) is 0.750. The molecule has 1 amide bonds. The van der Waals surface area contributed by atoms with Gasteiger partial charge in [0.15, 0.2) is 15.5 Å². The number of nitrogens with zero attached hydrogens (tertiary/aromatic N) is 1. The second-order valence-corrected chi connectivity index (χ2v) is 7.22. The maximum Gasteiger partial charge on any atom is 0.276 e. The molecule has 8 heteroatoms. The Morgan fingerprint density at radius 2 is 1.79 bits per heavy atom. The zero-order valence-electron chi connectivity index (χ0n) is 12.6. The fourth-order valence-electron chi connectivity index (χ4n) is 2.28. The number of sulfone groups is 1. The van der Waals surface area contributed by atoms with Gasteiger partial charge in [-0.3, -0.25) is 9.59 Å². The number of nitrogens with one attached hydrogen (secondary N) is 2. The third-order valence-corrected chi connectivity index (χ3v) is 4.54. The molecule has 3 rings (SSSR count). The van der Waals surface area contributed by atoms with E-state index in [0.717, 1.165) is 6.26 Å². The highest BCUT2D eigenvalue weighted by Gasteiger charge is 2.15. The predicted molar refractivity (Wildman–Crippen MR) is 89.9 cm³/mol. The maximum atomic E-state index is 12.5. The smallest absolute Gasteiger partial charge is 0.276 e. The van der Waals surface area contributed by atoms with Crippen molar-refractivity contribution in [1.82, 2.24) is 10.2 Å². The molecule has 1 aromatic heterocycles. The van der Waals surface area contributed by atoms with Crippen LogP contribution in [0.1, 0.15) is 10.5 Å². The normalized spacial score (nSPS) is 11.4. The average Bonchev–Trinajstić information content (AvgIpc) is 2.55. The molecule has 24 heavy (non-hydrogen) atoms. The summed E-state index contributed by atoms with van der Waals surface area (Å²) in [6.07, 6.45) is 1.09. The van der Waals surface area contributed by atoms with E-state index in [1.54, 1.807) is 30.3 Å². The Hall–Kier alpha value is -3.00. The van der Waals surface area contributed by atoms with Crippen LogP contribution >= 0.6 is 0 Å². The Balaban J connectivity index is 2.00. The lowest BCUT2D eigenvalue weighted by Crippen LogP contribution is -2.19. The topological polar surface area (TPSA) is 109 Å². The first kappa shape index (κ1) is 15.9. The molecule has 0 saturated heterocycles. The lowest BCUT2D eigenvalue weighted by Gasteiger charge is -2.08. The highest BCUT2D eigenvalue weighted by Crippen LogP contribution is 2.18. The van der Waals surface area contributed by atoms with Gasteiger partial charge in [0.2, 0.25) is 0 Å². The summed E-state index contributed by atoms with van der Waals surface area (Å²) in [6, 6.07) is 12.5. The third kappa shape index (κ3) is 3.04. The van der Waals surface area contributed by atoms with Crippen LogP contribution < -0.4 is 10.9 Å². The molecule has 0 spiro atoms. The van der Waals surface area contributed by atoms with Gasteiger partial charge in [-0.1, -0.05) is 24.3 Å². The number of hydrogen-bond acceptors (Lipinski definition) is 5. The summed E-state index contributed by atoms with van der Waals surface area (Å²) in [6.45, 7) is 0. The van der Waals surface area contributed by atoms with E-state index in [9.17, 15) is 18.0 Å². The summed E-state index contributed by atoms with van der Waals surface area (Å²) in [5.41, 5.74) is -0.0174. The fourth-order valence-corrected chi connectivity index (χ4v) is 2.95. The number of carbonyl (C=O) groups excluding carboxylic acids is 1. The van der Waals surface area contributed by atoms with Crippen molar-refractivity contribution >= 4 is 32.2 Å². The Kier molecular flexibility index (Phi) is 3.90. The van der Waals surface area contributed by atoms with E-state index in [-0.39, 0.29) is 16.1 Å². The molecular formula is C16H13N3O4S. The molecule has 0 saturated carbocycles. The minimum atomic E-state index is -3.38. The van der Waals surface area contributed by atoms with Crippen LogP contribution in [0.5, 0.6) is 0 Å². The number of aromatic nitrogens is 2. The van der Waals surface area contributed by atoms with Crippen LogP contribution in [0.3, 0.4) is 0 Å². The van der Waals surface area contributed by atoms with Crippen molar-refractivity contribution in [3.05, 3.63) is 64.6 Å². The van der Waals surface area contributed by atoms with Crippen molar-refractivity contribution in [3.63, 3.8) is 0 Å². The van der Waals surface area contributed by atoms with Gasteiger partial charge in [0.1, 0.15) is 0 Å². The molecule has 2 N–H and O–H groups in total. The van der Waals surface area contributed by atoms with Crippen LogP contribution in [0.4, 0.5) is 5.69 Å². The minimum absolute atomic E-state index is 0.0509. The molecule has 2 aromatic carbocycles. The summed E-state index contributed by atoms with van der Waals surface area (Å²) in [5, 5.41) is 9.45. The molecular weight excluding hydrogens is 330 g/mol. The highest BCUT2D eigenvalue weighted by molar-refractivity contribution is 7.90. The van der Waals surface area contributed by atoms with Crippen molar-refractivity contribution < 1.29 is 13.2 Å². The Labute approximate surface area is 137 Å². The third-order valence-electron chi connectivity index (χ3n) is 3.43. The maximum absolute atomic E-state index is 12.5. The van der Waals surface area contributed by atoms with E-state index in [4.69, 9.17) is 0 Å². The Morgan fingerprint density at radius 3 is 2.50 bits per heavy atom. The van der Waals surface area contributed by atoms with Crippen molar-refractivity contribution in [2.45, 2.75) is 4.90 Å². The summed E-state index contributed by atoms with van der Waals surface area (Å²) in [5.74, 6) is -0.548. The van der Waals surface area contributed by atoms with Gasteiger partial charge in [-0.15, -0.1) is 0 Å². The highest BCUT2D eigenvalue weighted by atomic mass is 32.2. The second kappa shape index (κ2) is 5.89. The van der Waals surface area contributed by atoms with Crippen molar-refractivity contribution in [3.8, 4) is 0 Å². The fraction of sp³-hybridized carbons (Fsp3) is 0.0625. The van der Waals surface area contributed by atoms with E-state index in [1.807, 2.05) is 0 Å². The van der Waals surface area contributed by atoms with Gasteiger partial charge in [0.05, 0.1) is 10.3 Å². The van der Waals surface area contributed by atoms with Gasteiger partial charge in [0, 0.05) is 17.3 Å². The minimum Gasteiger partial charge on any atom is -0.321 e. The van der Waals surface area contributed by atoms with Crippen LogP contribution in [0, 0.1) is 0 Å². The van der Waals surface area contributed by atoms with Gasteiger partial charge in [0.25, 0.3) is 11.5 Å². The number of H-pyrrole nitrogens is 1.